The number of rotatable bonds is 7. The van der Waals surface area contributed by atoms with Crippen LogP contribution in [0.2, 0.25) is 0 Å². The molecule has 4 rings (SSSR count). The highest BCUT2D eigenvalue weighted by Crippen LogP contribution is 2.39. The lowest BCUT2D eigenvalue weighted by molar-refractivity contribution is -0.152. The number of carbonyl (C=O) groups is 1. The zero-order valence-electron chi connectivity index (χ0n) is 21.2. The molecule has 2 N–H and O–H groups in total. The van der Waals surface area contributed by atoms with E-state index in [1.165, 1.54) is 7.11 Å². The molecule has 0 unspecified atom stereocenters. The number of hydrogen-bond acceptors (Lipinski definition) is 6. The second kappa shape index (κ2) is 10.5. The third-order valence-electron chi connectivity index (χ3n) is 6.72. The summed E-state index contributed by atoms with van der Waals surface area (Å²) >= 11 is 0. The average molecular weight is 522 g/mol. The zero-order valence-corrected chi connectivity index (χ0v) is 21.2. The molecule has 0 spiro atoms. The van der Waals surface area contributed by atoms with Crippen molar-refractivity contribution in [2.45, 2.75) is 52.4 Å². The second-order valence-electron chi connectivity index (χ2n) is 9.06. The second-order valence-corrected chi connectivity index (χ2v) is 9.06. The minimum Gasteiger partial charge on any atom is -0.496 e. The van der Waals surface area contributed by atoms with Gasteiger partial charge in [-0.25, -0.2) is 0 Å². The average Bonchev–Trinajstić information content (AvgIpc) is 3.28. The predicted octanol–water partition coefficient (Wildman–Crippen LogP) is 4.70. The summed E-state index contributed by atoms with van der Waals surface area (Å²) < 4.78 is 56.6. The minimum absolute atomic E-state index is 0.0330. The molecule has 0 bridgehead atoms. The van der Waals surface area contributed by atoms with Crippen molar-refractivity contribution in [3.05, 3.63) is 56.7 Å². The first-order valence-corrected chi connectivity index (χ1v) is 12.1. The van der Waals surface area contributed by atoms with Gasteiger partial charge in [-0.15, -0.1) is 0 Å². The van der Waals surface area contributed by atoms with Crippen LogP contribution in [0.25, 0.3) is 11.0 Å². The molecule has 200 valence electrons. The van der Waals surface area contributed by atoms with Gasteiger partial charge in [0.2, 0.25) is 5.76 Å². The smallest absolute Gasteiger partial charge is 0.449 e. The van der Waals surface area contributed by atoms with E-state index in [1.807, 2.05) is 6.92 Å². The fraction of sp³-hybridized carbons (Fsp3) is 0.462. The molecule has 3 heterocycles. The third-order valence-corrected chi connectivity index (χ3v) is 6.72. The van der Waals surface area contributed by atoms with E-state index in [0.717, 1.165) is 18.9 Å². The summed E-state index contributed by atoms with van der Waals surface area (Å²) in [4.78, 5) is 30.7. The molecule has 2 aromatic heterocycles. The van der Waals surface area contributed by atoms with Gasteiger partial charge in [0.05, 0.1) is 24.8 Å². The van der Waals surface area contributed by atoms with Crippen molar-refractivity contribution in [1.29, 1.82) is 0 Å². The van der Waals surface area contributed by atoms with E-state index < -0.39 is 23.4 Å². The number of carbonyl (C=O) groups excluding carboxylic acids is 1. The van der Waals surface area contributed by atoms with Crippen LogP contribution in [-0.2, 0) is 17.5 Å². The third kappa shape index (κ3) is 5.31. The van der Waals surface area contributed by atoms with Gasteiger partial charge in [0.25, 0.3) is 11.5 Å². The SMILES string of the molecule is CCN(c1cc2oc(C(F)(F)F)cc2c(C(=O)NCc2c(OC)cc(C)[nH]c2=O)c1C)C1CCOCC1. The van der Waals surface area contributed by atoms with Crippen molar-refractivity contribution < 1.29 is 31.9 Å². The summed E-state index contributed by atoms with van der Waals surface area (Å²) in [6.07, 6.45) is -3.20. The maximum absolute atomic E-state index is 13.5. The molecule has 37 heavy (non-hydrogen) atoms. The summed E-state index contributed by atoms with van der Waals surface area (Å²) in [5, 5.41) is 2.75. The number of fused-ring (bicyclic) bond motifs is 1. The van der Waals surface area contributed by atoms with Crippen LogP contribution in [0.5, 0.6) is 5.75 Å². The highest BCUT2D eigenvalue weighted by molar-refractivity contribution is 6.09. The van der Waals surface area contributed by atoms with Gasteiger partial charge in [-0.3, -0.25) is 9.59 Å². The van der Waals surface area contributed by atoms with Gasteiger partial charge in [0.15, 0.2) is 0 Å². The number of aromatic amines is 1. The Balaban J connectivity index is 1.79. The van der Waals surface area contributed by atoms with Gasteiger partial charge < -0.3 is 29.1 Å². The van der Waals surface area contributed by atoms with Crippen LogP contribution in [0, 0.1) is 13.8 Å². The quantitative estimate of drug-likeness (QED) is 0.468. The number of aromatic nitrogens is 1. The number of amides is 1. The van der Waals surface area contributed by atoms with Crippen molar-refractivity contribution in [1.82, 2.24) is 10.3 Å². The van der Waals surface area contributed by atoms with E-state index in [2.05, 4.69) is 15.2 Å². The number of halogens is 3. The molecular weight excluding hydrogens is 491 g/mol. The van der Waals surface area contributed by atoms with Crippen molar-refractivity contribution >= 4 is 22.6 Å². The standard InChI is InChI=1S/C26H30F3N3O5/c1-5-32(16-6-8-36-9-7-16)19-12-21-17(11-22(37-21)26(27,28)29)23(15(19)3)25(34)30-13-18-20(35-4)10-14(2)31-24(18)33/h10-12,16H,5-9,13H2,1-4H3,(H,30,34)(H,31,33). The molecule has 3 aromatic rings. The number of pyridine rings is 1. The molecule has 11 heteroatoms. The number of nitrogens with zero attached hydrogens (tertiary/aromatic N) is 1. The predicted molar refractivity (Wildman–Crippen MR) is 132 cm³/mol. The lowest BCUT2D eigenvalue weighted by Crippen LogP contribution is -2.40. The maximum atomic E-state index is 13.5. The molecule has 8 nitrogen and oxygen atoms in total. The molecule has 0 saturated carbocycles. The molecule has 1 amide bonds. The first-order chi connectivity index (χ1) is 17.5. The number of nitrogens with one attached hydrogen (secondary N) is 2. The Hall–Kier alpha value is -3.47. The first kappa shape index (κ1) is 26.6. The van der Waals surface area contributed by atoms with Crippen LogP contribution in [0.1, 0.15) is 52.7 Å². The first-order valence-electron chi connectivity index (χ1n) is 12.1. The Morgan fingerprint density at radius 1 is 1.22 bits per heavy atom. The van der Waals surface area contributed by atoms with Gasteiger partial charge in [-0.1, -0.05) is 0 Å². The lowest BCUT2D eigenvalue weighted by Gasteiger charge is -2.36. The van der Waals surface area contributed by atoms with Crippen molar-refractivity contribution in [2.75, 3.05) is 31.8 Å². The van der Waals surface area contributed by atoms with E-state index in [9.17, 15) is 22.8 Å². The molecule has 0 radical (unpaired) electrons. The normalized spacial score (nSPS) is 14.7. The summed E-state index contributed by atoms with van der Waals surface area (Å²) in [5.74, 6) is -1.50. The molecule has 0 atom stereocenters. The number of H-pyrrole nitrogens is 1. The molecule has 1 saturated heterocycles. The molecule has 1 aromatic carbocycles. The van der Waals surface area contributed by atoms with Crippen LogP contribution in [0.4, 0.5) is 18.9 Å². The van der Waals surface area contributed by atoms with Crippen LogP contribution in [0.3, 0.4) is 0 Å². The number of ether oxygens (including phenoxy) is 2. The zero-order chi connectivity index (χ0) is 26.9. The number of furan rings is 1. The van der Waals surface area contributed by atoms with E-state index in [1.54, 1.807) is 26.0 Å². The number of benzene rings is 1. The Morgan fingerprint density at radius 2 is 1.92 bits per heavy atom. The van der Waals surface area contributed by atoms with E-state index >= 15 is 0 Å². The fourth-order valence-electron chi connectivity index (χ4n) is 4.92. The van der Waals surface area contributed by atoms with E-state index in [0.29, 0.717) is 42.5 Å². The molecular formula is C26H30F3N3O5. The van der Waals surface area contributed by atoms with Crippen LogP contribution in [-0.4, -0.2) is 43.8 Å². The summed E-state index contributed by atoms with van der Waals surface area (Å²) in [5.41, 5.74) is 1.56. The van der Waals surface area contributed by atoms with Gasteiger partial charge in [-0.05, 0) is 51.3 Å². The van der Waals surface area contributed by atoms with Gasteiger partial charge >= 0.3 is 6.18 Å². The van der Waals surface area contributed by atoms with Crippen molar-refractivity contribution in [2.24, 2.45) is 0 Å². The Bertz CT molecular complexity index is 1360. The summed E-state index contributed by atoms with van der Waals surface area (Å²) in [7, 11) is 1.41. The fourth-order valence-corrected chi connectivity index (χ4v) is 4.92. The van der Waals surface area contributed by atoms with Crippen LogP contribution < -0.4 is 20.5 Å². The monoisotopic (exact) mass is 521 g/mol. The summed E-state index contributed by atoms with van der Waals surface area (Å²) in [6.45, 7) is 6.95. The molecule has 1 fully saturated rings. The van der Waals surface area contributed by atoms with E-state index in [4.69, 9.17) is 13.9 Å². The van der Waals surface area contributed by atoms with Gasteiger partial charge in [0, 0.05) is 48.6 Å². The highest BCUT2D eigenvalue weighted by Gasteiger charge is 2.37. The molecule has 1 aliphatic heterocycles. The number of methoxy groups -OCH3 is 1. The number of anilines is 1. The van der Waals surface area contributed by atoms with Crippen molar-refractivity contribution in [3.8, 4) is 5.75 Å². The highest BCUT2D eigenvalue weighted by atomic mass is 19.4. The maximum Gasteiger partial charge on any atom is 0.449 e. The minimum atomic E-state index is -4.71. The number of aryl methyl sites for hydroxylation is 1. The van der Waals surface area contributed by atoms with Crippen LogP contribution in [0.15, 0.2) is 27.4 Å². The topological polar surface area (TPSA) is 96.8 Å². The molecule has 1 aliphatic rings. The number of alkyl halides is 3. The summed E-state index contributed by atoms with van der Waals surface area (Å²) in [6, 6.07) is 4.17. The Morgan fingerprint density at radius 3 is 2.54 bits per heavy atom. The van der Waals surface area contributed by atoms with Crippen LogP contribution >= 0.6 is 0 Å². The van der Waals surface area contributed by atoms with E-state index in [-0.39, 0.29) is 34.7 Å². The Labute approximate surface area is 211 Å². The lowest BCUT2D eigenvalue weighted by atomic mass is 9.98. The van der Waals surface area contributed by atoms with Crippen molar-refractivity contribution in [3.63, 3.8) is 0 Å². The van der Waals surface area contributed by atoms with Gasteiger partial charge in [-0.2, -0.15) is 13.2 Å². The molecule has 0 aliphatic carbocycles. The number of hydrogen-bond donors (Lipinski definition) is 2. The Kier molecular flexibility index (Phi) is 7.54. The van der Waals surface area contributed by atoms with Gasteiger partial charge in [0.1, 0.15) is 11.3 Å². The largest absolute Gasteiger partial charge is 0.496 e.